The smallest absolute Gasteiger partial charge is 0.225 e. The van der Waals surface area contributed by atoms with Crippen LogP contribution in [0.2, 0.25) is 0 Å². The third kappa shape index (κ3) is 3.90. The van der Waals surface area contributed by atoms with E-state index in [-0.39, 0.29) is 5.91 Å². The molecule has 2 N–H and O–H groups in total. The van der Waals surface area contributed by atoms with Gasteiger partial charge in [0, 0.05) is 11.3 Å². The van der Waals surface area contributed by atoms with Crippen molar-refractivity contribution >= 4 is 5.91 Å². The normalized spacial score (nSPS) is 11.9. The summed E-state index contributed by atoms with van der Waals surface area (Å²) in [6, 6.07) is 28.5. The lowest BCUT2D eigenvalue weighted by Crippen LogP contribution is -2.24. The van der Waals surface area contributed by atoms with Gasteiger partial charge in [-0.05, 0) is 49.1 Å². The number of hydrogen-bond acceptors (Lipinski definition) is 2. The number of carbonyl (C=O) groups is 1. The van der Waals surface area contributed by atoms with E-state index in [1.54, 1.807) is 0 Å². The summed E-state index contributed by atoms with van der Waals surface area (Å²) in [5.41, 5.74) is 12.9. The quantitative estimate of drug-likeness (QED) is 0.501. The zero-order valence-electron chi connectivity index (χ0n) is 17.2. The van der Waals surface area contributed by atoms with E-state index in [4.69, 9.17) is 10.8 Å². The minimum Gasteiger partial charge on any atom is -0.369 e. The Morgan fingerprint density at radius 1 is 0.900 bits per heavy atom. The third-order valence-electron chi connectivity index (χ3n) is 5.51. The molecule has 30 heavy (non-hydrogen) atoms. The van der Waals surface area contributed by atoms with Crippen molar-refractivity contribution in [1.82, 2.24) is 9.78 Å². The molecule has 4 rings (SSSR count). The largest absolute Gasteiger partial charge is 0.369 e. The van der Waals surface area contributed by atoms with Crippen LogP contribution in [0.15, 0.2) is 84.9 Å². The van der Waals surface area contributed by atoms with E-state index < -0.39 is 5.92 Å². The number of para-hydroxylation sites is 1. The highest BCUT2D eigenvalue weighted by atomic mass is 16.1. The van der Waals surface area contributed by atoms with Gasteiger partial charge in [0.15, 0.2) is 0 Å². The fourth-order valence-electron chi connectivity index (χ4n) is 4.07. The zero-order chi connectivity index (χ0) is 21.1. The Hall–Kier alpha value is -3.66. The summed E-state index contributed by atoms with van der Waals surface area (Å²) in [5, 5.41) is 4.70. The highest BCUT2D eigenvalue weighted by Crippen LogP contribution is 2.30. The average molecular weight is 396 g/mol. The second-order valence-electron chi connectivity index (χ2n) is 7.56. The minimum absolute atomic E-state index is 0.334. The molecule has 1 amide bonds. The second-order valence-corrected chi connectivity index (χ2v) is 7.56. The minimum atomic E-state index is -0.437. The van der Waals surface area contributed by atoms with E-state index >= 15 is 0 Å². The van der Waals surface area contributed by atoms with Crippen LogP contribution in [0.4, 0.5) is 0 Å². The summed E-state index contributed by atoms with van der Waals surface area (Å²) >= 11 is 0. The number of aromatic nitrogens is 2. The molecule has 0 saturated heterocycles. The van der Waals surface area contributed by atoms with Crippen molar-refractivity contribution in [2.75, 3.05) is 0 Å². The Bertz CT molecular complexity index is 1160. The summed E-state index contributed by atoms with van der Waals surface area (Å²) in [7, 11) is 0. The van der Waals surface area contributed by atoms with Crippen LogP contribution in [0.1, 0.15) is 28.4 Å². The number of aryl methyl sites for hydroxylation is 1. The highest BCUT2D eigenvalue weighted by molar-refractivity contribution is 5.83. The van der Waals surface area contributed by atoms with Crippen LogP contribution in [-0.4, -0.2) is 15.7 Å². The first-order valence-corrected chi connectivity index (χ1v) is 10.1. The van der Waals surface area contributed by atoms with Crippen molar-refractivity contribution in [2.24, 2.45) is 5.73 Å². The molecule has 0 fully saturated rings. The maximum absolute atomic E-state index is 12.5. The molecule has 1 unspecified atom stereocenters. The lowest BCUT2D eigenvalue weighted by atomic mass is 9.89. The van der Waals surface area contributed by atoms with Crippen molar-refractivity contribution in [3.63, 3.8) is 0 Å². The van der Waals surface area contributed by atoms with E-state index in [0.717, 1.165) is 39.3 Å². The number of nitrogens with two attached hydrogens (primary N) is 1. The summed E-state index contributed by atoms with van der Waals surface area (Å²) in [5.74, 6) is -0.771. The fourth-order valence-corrected chi connectivity index (χ4v) is 4.07. The second kappa shape index (κ2) is 8.37. The molecule has 0 radical (unpaired) electrons. The van der Waals surface area contributed by atoms with Crippen LogP contribution in [0, 0.1) is 13.8 Å². The summed E-state index contributed by atoms with van der Waals surface area (Å²) in [6.07, 6.45) is 0.540. The van der Waals surface area contributed by atoms with Gasteiger partial charge in [0.05, 0.1) is 17.3 Å². The summed E-state index contributed by atoms with van der Waals surface area (Å²) in [4.78, 5) is 12.5. The number of carbonyl (C=O) groups excluding carboxylic acids is 1. The van der Waals surface area contributed by atoms with Crippen molar-refractivity contribution in [3.05, 3.63) is 107 Å². The molecule has 0 spiro atoms. The molecule has 0 saturated carbocycles. The first-order valence-electron chi connectivity index (χ1n) is 10.1. The topological polar surface area (TPSA) is 60.9 Å². The Labute approximate surface area is 177 Å². The van der Waals surface area contributed by atoms with Gasteiger partial charge in [-0.1, -0.05) is 72.8 Å². The van der Waals surface area contributed by atoms with E-state index in [1.165, 1.54) is 0 Å². The highest BCUT2D eigenvalue weighted by Gasteiger charge is 2.26. The number of primary amides is 1. The Morgan fingerprint density at radius 2 is 1.53 bits per heavy atom. The molecular formula is C26H25N3O. The third-order valence-corrected chi connectivity index (χ3v) is 5.51. The van der Waals surface area contributed by atoms with Gasteiger partial charge in [-0.15, -0.1) is 0 Å². The number of amides is 1. The summed E-state index contributed by atoms with van der Waals surface area (Å²) < 4.78 is 1.89. The molecule has 1 atom stereocenters. The molecule has 0 aliphatic rings. The van der Waals surface area contributed by atoms with Crippen LogP contribution in [0.5, 0.6) is 0 Å². The van der Waals surface area contributed by atoms with Gasteiger partial charge in [-0.25, -0.2) is 4.68 Å². The predicted octanol–water partition coefficient (Wildman–Crippen LogP) is 4.97. The molecule has 0 aliphatic carbocycles. The maximum atomic E-state index is 12.5. The molecule has 1 aromatic heterocycles. The number of rotatable bonds is 6. The van der Waals surface area contributed by atoms with Gasteiger partial charge in [-0.2, -0.15) is 5.10 Å². The lowest BCUT2D eigenvalue weighted by Gasteiger charge is -2.16. The Morgan fingerprint density at radius 3 is 2.20 bits per heavy atom. The van der Waals surface area contributed by atoms with Gasteiger partial charge in [0.2, 0.25) is 5.91 Å². The molecule has 0 bridgehead atoms. The molecule has 1 heterocycles. The SMILES string of the molecule is Cc1nn(-c2ccccc2)c(C)c1C(Cc1cccc(-c2ccccc2)c1)C(N)=O. The molecule has 4 aromatic rings. The standard InChI is InChI=1S/C26H25N3O/c1-18-25(19(2)29(28-18)23-14-7-4-8-15-23)24(26(27)30)17-20-10-9-13-22(16-20)21-11-5-3-6-12-21/h3-16,24H,17H2,1-2H3,(H2,27,30). The first-order chi connectivity index (χ1) is 14.5. The number of nitrogens with zero attached hydrogens (tertiary/aromatic N) is 2. The van der Waals surface area contributed by atoms with Gasteiger partial charge in [0.1, 0.15) is 0 Å². The van der Waals surface area contributed by atoms with Crippen LogP contribution >= 0.6 is 0 Å². The molecule has 4 heteroatoms. The van der Waals surface area contributed by atoms with E-state index in [2.05, 4.69) is 30.3 Å². The lowest BCUT2D eigenvalue weighted by molar-refractivity contribution is -0.119. The van der Waals surface area contributed by atoms with Crippen LogP contribution in [0.3, 0.4) is 0 Å². The van der Waals surface area contributed by atoms with E-state index in [9.17, 15) is 4.79 Å². The summed E-state index contributed by atoms with van der Waals surface area (Å²) in [6.45, 7) is 3.94. The molecule has 150 valence electrons. The number of benzene rings is 3. The van der Waals surface area contributed by atoms with E-state index in [0.29, 0.717) is 6.42 Å². The maximum Gasteiger partial charge on any atom is 0.225 e. The predicted molar refractivity (Wildman–Crippen MR) is 121 cm³/mol. The number of hydrogen-bond donors (Lipinski definition) is 1. The monoisotopic (exact) mass is 395 g/mol. The Balaban J connectivity index is 1.70. The van der Waals surface area contributed by atoms with Crippen LogP contribution in [0.25, 0.3) is 16.8 Å². The van der Waals surface area contributed by atoms with Gasteiger partial charge in [-0.3, -0.25) is 4.79 Å². The zero-order valence-corrected chi connectivity index (χ0v) is 17.2. The van der Waals surface area contributed by atoms with Crippen LogP contribution in [-0.2, 0) is 11.2 Å². The molecule has 4 nitrogen and oxygen atoms in total. The van der Waals surface area contributed by atoms with E-state index in [1.807, 2.05) is 73.1 Å². The van der Waals surface area contributed by atoms with Crippen molar-refractivity contribution in [1.29, 1.82) is 0 Å². The van der Waals surface area contributed by atoms with Crippen molar-refractivity contribution < 1.29 is 4.79 Å². The van der Waals surface area contributed by atoms with Crippen LogP contribution < -0.4 is 5.73 Å². The van der Waals surface area contributed by atoms with Gasteiger partial charge < -0.3 is 5.73 Å². The van der Waals surface area contributed by atoms with Gasteiger partial charge in [0.25, 0.3) is 0 Å². The molecular weight excluding hydrogens is 370 g/mol. The average Bonchev–Trinajstić information content (AvgIpc) is 3.07. The van der Waals surface area contributed by atoms with Crippen molar-refractivity contribution in [2.45, 2.75) is 26.2 Å². The van der Waals surface area contributed by atoms with Crippen molar-refractivity contribution in [3.8, 4) is 16.8 Å². The Kier molecular flexibility index (Phi) is 5.48. The first kappa shape index (κ1) is 19.6. The molecule has 3 aromatic carbocycles. The molecule has 0 aliphatic heterocycles. The fraction of sp³-hybridized carbons (Fsp3) is 0.154. The van der Waals surface area contributed by atoms with Gasteiger partial charge >= 0.3 is 0 Å².